The van der Waals surface area contributed by atoms with Crippen molar-refractivity contribution in [3.8, 4) is 11.5 Å². The fourth-order valence-corrected chi connectivity index (χ4v) is 3.00. The highest BCUT2D eigenvalue weighted by atomic mass is 16.5. The highest BCUT2D eigenvalue weighted by molar-refractivity contribution is 6.06. The summed E-state index contributed by atoms with van der Waals surface area (Å²) in [6.07, 6.45) is 1.42. The molecule has 0 saturated carbocycles. The Morgan fingerprint density at radius 1 is 1.13 bits per heavy atom. The molecule has 1 amide bonds. The van der Waals surface area contributed by atoms with Gasteiger partial charge in [0.2, 0.25) is 0 Å². The van der Waals surface area contributed by atoms with Crippen molar-refractivity contribution in [1.82, 2.24) is 5.32 Å². The smallest absolute Gasteiger partial charge is 0.255 e. The fourth-order valence-electron chi connectivity index (χ4n) is 3.00. The molecule has 0 saturated heterocycles. The summed E-state index contributed by atoms with van der Waals surface area (Å²) in [6, 6.07) is 11.1. The number of amides is 1. The van der Waals surface area contributed by atoms with E-state index in [4.69, 9.17) is 9.47 Å². The third kappa shape index (κ3) is 1.95. The molecule has 116 valence electrons. The average Bonchev–Trinajstić information content (AvgIpc) is 2.60. The van der Waals surface area contributed by atoms with E-state index < -0.39 is 0 Å². The molecule has 0 aromatic heterocycles. The van der Waals surface area contributed by atoms with Gasteiger partial charge in [0.1, 0.15) is 6.17 Å². The van der Waals surface area contributed by atoms with E-state index in [0.717, 1.165) is 16.9 Å². The van der Waals surface area contributed by atoms with Crippen molar-refractivity contribution in [3.05, 3.63) is 47.5 Å². The number of hydrogen-bond acceptors (Lipinski definition) is 5. The van der Waals surface area contributed by atoms with E-state index in [0.29, 0.717) is 17.1 Å². The summed E-state index contributed by atoms with van der Waals surface area (Å²) in [5.41, 5.74) is 3.10. The van der Waals surface area contributed by atoms with Crippen LogP contribution >= 0.6 is 0 Å². The van der Waals surface area contributed by atoms with Crippen molar-refractivity contribution in [1.29, 1.82) is 0 Å². The molecule has 2 aromatic rings. The van der Waals surface area contributed by atoms with Gasteiger partial charge in [-0.3, -0.25) is 4.79 Å². The maximum atomic E-state index is 12.4. The van der Waals surface area contributed by atoms with Crippen LogP contribution in [0.1, 0.15) is 22.1 Å². The third-order valence-electron chi connectivity index (χ3n) is 4.12. The second-order valence-corrected chi connectivity index (χ2v) is 5.31. The molecule has 0 bridgehead atoms. The topological polar surface area (TPSA) is 63.2 Å². The number of aliphatic imine (C=N–C) groups is 1. The molecule has 6 heteroatoms. The lowest BCUT2D eigenvalue weighted by Gasteiger charge is -2.38. The lowest BCUT2D eigenvalue weighted by atomic mass is 10.0. The van der Waals surface area contributed by atoms with Gasteiger partial charge in [-0.2, -0.15) is 0 Å². The molecule has 0 aliphatic carbocycles. The first-order valence-corrected chi connectivity index (χ1v) is 7.21. The number of carbonyl (C=O) groups is 1. The lowest BCUT2D eigenvalue weighted by molar-refractivity contribution is 0.0930. The van der Waals surface area contributed by atoms with Crippen molar-refractivity contribution < 1.29 is 14.3 Å². The normalized spacial score (nSPS) is 17.7. The van der Waals surface area contributed by atoms with Crippen LogP contribution in [0.3, 0.4) is 0 Å². The van der Waals surface area contributed by atoms with Gasteiger partial charge in [0.15, 0.2) is 11.5 Å². The first kappa shape index (κ1) is 13.6. The van der Waals surface area contributed by atoms with Crippen LogP contribution in [0.15, 0.2) is 41.4 Å². The van der Waals surface area contributed by atoms with Gasteiger partial charge in [-0.25, -0.2) is 4.99 Å². The molecule has 2 aromatic carbocycles. The summed E-state index contributed by atoms with van der Waals surface area (Å²) in [5, 5.41) is 3.02. The van der Waals surface area contributed by atoms with Gasteiger partial charge in [0.25, 0.3) is 5.91 Å². The van der Waals surface area contributed by atoms with Crippen LogP contribution in [0, 0.1) is 0 Å². The number of para-hydroxylation sites is 1. The lowest BCUT2D eigenvalue weighted by Crippen LogP contribution is -2.47. The van der Waals surface area contributed by atoms with Crippen molar-refractivity contribution in [2.24, 2.45) is 4.99 Å². The number of benzene rings is 2. The Morgan fingerprint density at radius 3 is 2.65 bits per heavy atom. The molecule has 23 heavy (non-hydrogen) atoms. The zero-order valence-corrected chi connectivity index (χ0v) is 12.7. The van der Waals surface area contributed by atoms with Crippen LogP contribution in [0.2, 0.25) is 0 Å². The van der Waals surface area contributed by atoms with E-state index in [2.05, 4.69) is 10.3 Å². The summed E-state index contributed by atoms with van der Waals surface area (Å²) in [7, 11) is 3.17. The second kappa shape index (κ2) is 5.01. The van der Waals surface area contributed by atoms with Crippen LogP contribution in [0.25, 0.3) is 0 Å². The molecule has 0 spiro atoms. The largest absolute Gasteiger partial charge is 0.493 e. The van der Waals surface area contributed by atoms with Crippen LogP contribution in [0.5, 0.6) is 11.5 Å². The molecule has 2 aliphatic rings. The maximum Gasteiger partial charge on any atom is 0.255 e. The minimum absolute atomic E-state index is 0.0992. The first-order chi connectivity index (χ1) is 11.2. The predicted octanol–water partition coefficient (Wildman–Crippen LogP) is 2.63. The molecule has 2 aliphatic heterocycles. The number of methoxy groups -OCH3 is 2. The van der Waals surface area contributed by atoms with E-state index in [1.807, 2.05) is 35.2 Å². The number of ether oxygens (including phenoxy) is 2. The van der Waals surface area contributed by atoms with Crippen molar-refractivity contribution in [2.45, 2.75) is 6.17 Å². The fraction of sp³-hybridized carbons (Fsp3) is 0.176. The quantitative estimate of drug-likeness (QED) is 0.926. The van der Waals surface area contributed by atoms with Crippen LogP contribution in [0.4, 0.5) is 11.4 Å². The summed E-state index contributed by atoms with van der Waals surface area (Å²) in [6.45, 7) is 0. The predicted molar refractivity (Wildman–Crippen MR) is 86.8 cm³/mol. The first-order valence-electron chi connectivity index (χ1n) is 7.21. The van der Waals surface area contributed by atoms with E-state index in [9.17, 15) is 4.79 Å². The Hall–Kier alpha value is -3.02. The van der Waals surface area contributed by atoms with Crippen LogP contribution in [-0.2, 0) is 0 Å². The van der Waals surface area contributed by atoms with Crippen LogP contribution < -0.4 is 19.7 Å². The molecule has 1 atom stereocenters. The van der Waals surface area contributed by atoms with Crippen molar-refractivity contribution in [2.75, 3.05) is 19.1 Å². The molecular formula is C17H15N3O3. The number of nitrogens with one attached hydrogen (secondary N) is 1. The number of nitrogens with zero attached hydrogens (tertiary/aromatic N) is 2. The Bertz CT molecular complexity index is 832. The van der Waals surface area contributed by atoms with E-state index in [1.165, 1.54) is 0 Å². The molecule has 2 heterocycles. The van der Waals surface area contributed by atoms with Gasteiger partial charge in [0, 0.05) is 11.6 Å². The van der Waals surface area contributed by atoms with Gasteiger partial charge < -0.3 is 19.7 Å². The van der Waals surface area contributed by atoms with Gasteiger partial charge in [-0.15, -0.1) is 0 Å². The maximum absolute atomic E-state index is 12.4. The second-order valence-electron chi connectivity index (χ2n) is 5.31. The number of fused-ring (bicyclic) bond motifs is 5. The Balaban J connectivity index is 1.87. The number of carbonyl (C=O) groups excluding carboxylic acids is 1. The third-order valence-corrected chi connectivity index (χ3v) is 4.12. The molecule has 6 nitrogen and oxygen atoms in total. The van der Waals surface area contributed by atoms with Gasteiger partial charge in [-0.1, -0.05) is 12.1 Å². The molecule has 4 rings (SSSR count). The Labute approximate surface area is 133 Å². The molecule has 1 N–H and O–H groups in total. The van der Waals surface area contributed by atoms with E-state index >= 15 is 0 Å². The zero-order valence-electron chi connectivity index (χ0n) is 12.7. The molecular weight excluding hydrogens is 294 g/mol. The highest BCUT2D eigenvalue weighted by Crippen LogP contribution is 2.43. The standard InChI is InChI=1S/C17H15N3O3/c1-22-14-7-11-12(8-15(14)23-2)18-9-20-13-6-4-3-5-10(13)17(21)19-16(11)20/h3-9,16H,1-2H3,(H,19,21). The minimum atomic E-state index is -0.315. The molecule has 0 fully saturated rings. The van der Waals surface area contributed by atoms with E-state index in [1.54, 1.807) is 26.6 Å². The number of rotatable bonds is 2. The van der Waals surface area contributed by atoms with Gasteiger partial charge in [-0.05, 0) is 18.2 Å². The van der Waals surface area contributed by atoms with Gasteiger partial charge in [0.05, 0.1) is 37.5 Å². The summed E-state index contributed by atoms with van der Waals surface area (Å²) < 4.78 is 10.7. The Kier molecular flexibility index (Phi) is 2.97. The highest BCUT2D eigenvalue weighted by Gasteiger charge is 2.34. The molecule has 0 radical (unpaired) electrons. The van der Waals surface area contributed by atoms with Gasteiger partial charge >= 0.3 is 0 Å². The minimum Gasteiger partial charge on any atom is -0.493 e. The summed E-state index contributed by atoms with van der Waals surface area (Å²) in [5.74, 6) is 1.12. The number of hydrogen-bond donors (Lipinski definition) is 1. The summed E-state index contributed by atoms with van der Waals surface area (Å²) in [4.78, 5) is 18.8. The van der Waals surface area contributed by atoms with Crippen molar-refractivity contribution in [3.63, 3.8) is 0 Å². The Morgan fingerprint density at radius 2 is 1.87 bits per heavy atom. The average molecular weight is 309 g/mol. The SMILES string of the molecule is COc1cc2c(cc1OC)C1NC(=O)c3ccccc3N1C=N2. The monoisotopic (exact) mass is 309 g/mol. The summed E-state index contributed by atoms with van der Waals surface area (Å²) >= 11 is 0. The molecule has 1 unspecified atom stereocenters. The van der Waals surface area contributed by atoms with E-state index in [-0.39, 0.29) is 12.1 Å². The number of anilines is 1. The zero-order chi connectivity index (χ0) is 16.0. The van der Waals surface area contributed by atoms with Crippen molar-refractivity contribution >= 4 is 23.6 Å². The van der Waals surface area contributed by atoms with Crippen LogP contribution in [-0.4, -0.2) is 26.5 Å².